The SMILES string of the molecule is Cc1ccc(-c2ncc3ccccc3n2)nc1. The highest BCUT2D eigenvalue weighted by Gasteiger charge is 2.03. The van der Waals surface area contributed by atoms with Crippen molar-refractivity contribution in [2.45, 2.75) is 6.92 Å². The van der Waals surface area contributed by atoms with Crippen molar-refractivity contribution in [3.05, 3.63) is 54.4 Å². The summed E-state index contributed by atoms with van der Waals surface area (Å²) in [6.45, 7) is 2.01. The number of pyridine rings is 1. The Morgan fingerprint density at radius 3 is 2.59 bits per heavy atom. The summed E-state index contributed by atoms with van der Waals surface area (Å²) in [5.41, 5.74) is 2.88. The van der Waals surface area contributed by atoms with Crippen LogP contribution in [0.3, 0.4) is 0 Å². The lowest BCUT2D eigenvalue weighted by Gasteiger charge is -2.01. The van der Waals surface area contributed by atoms with Crippen LogP contribution in [0.2, 0.25) is 0 Å². The molecule has 0 spiro atoms. The first-order chi connectivity index (χ1) is 8.33. The van der Waals surface area contributed by atoms with E-state index < -0.39 is 0 Å². The molecule has 0 N–H and O–H groups in total. The Hall–Kier alpha value is -2.29. The molecule has 0 fully saturated rings. The average Bonchev–Trinajstić information content (AvgIpc) is 2.39. The maximum atomic E-state index is 4.50. The van der Waals surface area contributed by atoms with Gasteiger partial charge in [0.1, 0.15) is 5.69 Å². The van der Waals surface area contributed by atoms with E-state index >= 15 is 0 Å². The first kappa shape index (κ1) is 9.90. The zero-order chi connectivity index (χ0) is 11.7. The number of aromatic nitrogens is 3. The minimum Gasteiger partial charge on any atom is -0.253 e. The van der Waals surface area contributed by atoms with E-state index in [-0.39, 0.29) is 0 Å². The summed E-state index contributed by atoms with van der Waals surface area (Å²) >= 11 is 0. The lowest BCUT2D eigenvalue weighted by Crippen LogP contribution is -1.92. The van der Waals surface area contributed by atoms with Crippen LogP contribution in [0.4, 0.5) is 0 Å². The number of fused-ring (bicyclic) bond motifs is 1. The van der Waals surface area contributed by atoms with Crippen LogP contribution in [-0.2, 0) is 0 Å². The molecular weight excluding hydrogens is 210 g/mol. The lowest BCUT2D eigenvalue weighted by molar-refractivity contribution is 1.16. The Bertz CT molecular complexity index is 660. The van der Waals surface area contributed by atoms with E-state index in [4.69, 9.17) is 0 Å². The van der Waals surface area contributed by atoms with Crippen molar-refractivity contribution in [2.75, 3.05) is 0 Å². The molecule has 0 radical (unpaired) electrons. The Morgan fingerprint density at radius 2 is 1.76 bits per heavy atom. The third-order valence-electron chi connectivity index (χ3n) is 2.63. The fourth-order valence-corrected chi connectivity index (χ4v) is 1.70. The summed E-state index contributed by atoms with van der Waals surface area (Å²) in [6.07, 6.45) is 3.66. The van der Waals surface area contributed by atoms with Gasteiger partial charge in [-0.15, -0.1) is 0 Å². The smallest absolute Gasteiger partial charge is 0.178 e. The van der Waals surface area contributed by atoms with Gasteiger partial charge in [0.15, 0.2) is 5.82 Å². The molecule has 0 saturated carbocycles. The van der Waals surface area contributed by atoms with Crippen LogP contribution in [0.15, 0.2) is 48.8 Å². The molecule has 0 aliphatic carbocycles. The van der Waals surface area contributed by atoms with Crippen LogP contribution < -0.4 is 0 Å². The molecule has 3 heteroatoms. The predicted molar refractivity (Wildman–Crippen MR) is 67.5 cm³/mol. The fourth-order valence-electron chi connectivity index (χ4n) is 1.70. The highest BCUT2D eigenvalue weighted by molar-refractivity contribution is 5.78. The van der Waals surface area contributed by atoms with Crippen molar-refractivity contribution < 1.29 is 0 Å². The number of hydrogen-bond acceptors (Lipinski definition) is 3. The second-order valence-electron chi connectivity index (χ2n) is 3.97. The Morgan fingerprint density at radius 1 is 0.882 bits per heavy atom. The first-order valence-electron chi connectivity index (χ1n) is 5.48. The molecule has 1 aromatic carbocycles. The van der Waals surface area contributed by atoms with E-state index in [0.29, 0.717) is 5.82 Å². The van der Waals surface area contributed by atoms with E-state index in [1.54, 1.807) is 0 Å². The first-order valence-corrected chi connectivity index (χ1v) is 5.48. The molecule has 17 heavy (non-hydrogen) atoms. The maximum Gasteiger partial charge on any atom is 0.178 e. The van der Waals surface area contributed by atoms with Gasteiger partial charge in [-0.2, -0.15) is 0 Å². The van der Waals surface area contributed by atoms with Crippen molar-refractivity contribution in [3.63, 3.8) is 0 Å². The van der Waals surface area contributed by atoms with Gasteiger partial charge in [-0.05, 0) is 24.6 Å². The zero-order valence-electron chi connectivity index (χ0n) is 9.46. The largest absolute Gasteiger partial charge is 0.253 e. The van der Waals surface area contributed by atoms with Crippen LogP contribution in [0, 0.1) is 6.92 Å². The topological polar surface area (TPSA) is 38.7 Å². The third-order valence-corrected chi connectivity index (χ3v) is 2.63. The molecule has 0 aliphatic rings. The number of rotatable bonds is 1. The average molecular weight is 221 g/mol. The molecule has 3 rings (SSSR count). The van der Waals surface area contributed by atoms with Crippen molar-refractivity contribution in [2.24, 2.45) is 0 Å². The molecule has 0 bridgehead atoms. The van der Waals surface area contributed by atoms with E-state index in [2.05, 4.69) is 15.0 Å². The van der Waals surface area contributed by atoms with Crippen LogP contribution >= 0.6 is 0 Å². The van der Waals surface area contributed by atoms with Crippen molar-refractivity contribution in [3.8, 4) is 11.5 Å². The Kier molecular flexibility index (Phi) is 2.29. The van der Waals surface area contributed by atoms with Crippen LogP contribution in [0.25, 0.3) is 22.4 Å². The summed E-state index contributed by atoms with van der Waals surface area (Å²) in [5.74, 6) is 0.670. The minimum absolute atomic E-state index is 0.670. The molecule has 0 amide bonds. The van der Waals surface area contributed by atoms with Gasteiger partial charge in [0, 0.05) is 17.8 Å². The minimum atomic E-state index is 0.670. The molecule has 2 heterocycles. The fraction of sp³-hybridized carbons (Fsp3) is 0.0714. The second-order valence-corrected chi connectivity index (χ2v) is 3.97. The van der Waals surface area contributed by atoms with Crippen LogP contribution in [0.1, 0.15) is 5.56 Å². The number of hydrogen-bond donors (Lipinski definition) is 0. The summed E-state index contributed by atoms with van der Waals surface area (Å²) in [5, 5.41) is 1.04. The molecule has 3 nitrogen and oxygen atoms in total. The van der Waals surface area contributed by atoms with Gasteiger partial charge in [0.2, 0.25) is 0 Å². The molecule has 82 valence electrons. The summed E-state index contributed by atoms with van der Waals surface area (Å²) in [4.78, 5) is 13.2. The third kappa shape index (κ3) is 1.87. The van der Waals surface area contributed by atoms with Crippen LogP contribution in [0.5, 0.6) is 0 Å². The van der Waals surface area contributed by atoms with Gasteiger partial charge in [-0.3, -0.25) is 4.98 Å². The van der Waals surface area contributed by atoms with E-state index in [9.17, 15) is 0 Å². The number of aryl methyl sites for hydroxylation is 1. The summed E-state index contributed by atoms with van der Waals surface area (Å²) in [7, 11) is 0. The number of para-hydroxylation sites is 1. The predicted octanol–water partition coefficient (Wildman–Crippen LogP) is 3.00. The number of benzene rings is 1. The lowest BCUT2D eigenvalue weighted by atomic mass is 10.2. The van der Waals surface area contributed by atoms with E-state index in [1.165, 1.54) is 0 Å². The zero-order valence-corrected chi connectivity index (χ0v) is 9.46. The molecule has 0 atom stereocenters. The molecule has 3 aromatic rings. The molecule has 2 aromatic heterocycles. The monoisotopic (exact) mass is 221 g/mol. The second kappa shape index (κ2) is 3.94. The highest BCUT2D eigenvalue weighted by Crippen LogP contribution is 2.16. The van der Waals surface area contributed by atoms with Gasteiger partial charge in [0.25, 0.3) is 0 Å². The highest BCUT2D eigenvalue weighted by atomic mass is 14.9. The molecule has 0 saturated heterocycles. The molecule has 0 aliphatic heterocycles. The van der Waals surface area contributed by atoms with Crippen molar-refractivity contribution >= 4 is 10.9 Å². The van der Waals surface area contributed by atoms with Gasteiger partial charge >= 0.3 is 0 Å². The summed E-state index contributed by atoms with van der Waals surface area (Å²) in [6, 6.07) is 11.9. The maximum absolute atomic E-state index is 4.50. The van der Waals surface area contributed by atoms with Gasteiger partial charge in [0.05, 0.1) is 5.52 Å². The van der Waals surface area contributed by atoms with Gasteiger partial charge < -0.3 is 0 Å². The van der Waals surface area contributed by atoms with Gasteiger partial charge in [-0.1, -0.05) is 24.3 Å². The van der Waals surface area contributed by atoms with Crippen molar-refractivity contribution in [1.82, 2.24) is 15.0 Å². The number of nitrogens with zero attached hydrogens (tertiary/aromatic N) is 3. The van der Waals surface area contributed by atoms with Crippen LogP contribution in [-0.4, -0.2) is 15.0 Å². The summed E-state index contributed by atoms with van der Waals surface area (Å²) < 4.78 is 0. The standard InChI is InChI=1S/C14H11N3/c1-10-6-7-13(15-8-10)14-16-9-11-4-2-3-5-12(11)17-14/h2-9H,1H3. The quantitative estimate of drug-likeness (QED) is 0.634. The molecular formula is C14H11N3. The normalized spacial score (nSPS) is 10.6. The van der Waals surface area contributed by atoms with E-state index in [1.807, 2.05) is 55.7 Å². The van der Waals surface area contributed by atoms with E-state index in [0.717, 1.165) is 22.2 Å². The Balaban J connectivity index is 2.14. The van der Waals surface area contributed by atoms with Gasteiger partial charge in [-0.25, -0.2) is 9.97 Å². The Labute approximate surface area is 99.2 Å². The molecule has 0 unspecified atom stereocenters. The van der Waals surface area contributed by atoms with Crippen molar-refractivity contribution in [1.29, 1.82) is 0 Å².